The summed E-state index contributed by atoms with van der Waals surface area (Å²) in [6, 6.07) is 0. The molecule has 3 N–H and O–H groups in total. The Kier molecular flexibility index (Phi) is 7.18. The van der Waals surface area contributed by atoms with Crippen LogP contribution in [0.1, 0.15) is 27.2 Å². The fraction of sp³-hybridized carbons (Fsp3) is 1.00. The largest absolute Gasteiger partial charge is 0.389 e. The predicted octanol–water partition coefficient (Wildman–Crippen LogP) is -0.146. The smallest absolute Gasteiger partial charge is 0.277 e. The maximum atomic E-state index is 11.4. The number of methoxy groups -OCH3 is 1. The monoisotopic (exact) mass is 268 g/mol. The third kappa shape index (κ3) is 9.49. The number of nitrogens with one attached hydrogen (secondary N) is 2. The summed E-state index contributed by atoms with van der Waals surface area (Å²) in [6.07, 6.45) is 0.535. The first-order chi connectivity index (χ1) is 7.68. The molecule has 0 radical (unpaired) electrons. The van der Waals surface area contributed by atoms with Gasteiger partial charge in [0.2, 0.25) is 0 Å². The number of rotatable bonds is 9. The summed E-state index contributed by atoms with van der Waals surface area (Å²) in [4.78, 5) is 0. The van der Waals surface area contributed by atoms with Crippen LogP contribution in [0.25, 0.3) is 0 Å². The third-order valence-corrected chi connectivity index (χ3v) is 3.20. The molecule has 0 aliphatic rings. The van der Waals surface area contributed by atoms with Crippen molar-refractivity contribution < 1.29 is 18.3 Å². The van der Waals surface area contributed by atoms with Gasteiger partial charge in [0.15, 0.2) is 0 Å². The lowest BCUT2D eigenvalue weighted by atomic mass is 9.95. The molecule has 0 aliphatic heterocycles. The van der Waals surface area contributed by atoms with Crippen molar-refractivity contribution in [1.82, 2.24) is 9.44 Å². The highest BCUT2D eigenvalue weighted by Gasteiger charge is 2.24. The molecule has 0 aromatic carbocycles. The molecular formula is C10H24N2O4S. The third-order valence-electron chi connectivity index (χ3n) is 2.09. The van der Waals surface area contributed by atoms with E-state index in [1.807, 2.05) is 13.8 Å². The van der Waals surface area contributed by atoms with Crippen LogP contribution in [0.4, 0.5) is 0 Å². The molecule has 0 saturated heterocycles. The summed E-state index contributed by atoms with van der Waals surface area (Å²) in [6.45, 7) is 6.07. The second-order valence-corrected chi connectivity index (χ2v) is 6.39. The van der Waals surface area contributed by atoms with Crippen LogP contribution >= 0.6 is 0 Å². The Morgan fingerprint density at radius 3 is 2.41 bits per heavy atom. The summed E-state index contributed by atoms with van der Waals surface area (Å²) < 4.78 is 32.3. The molecule has 17 heavy (non-hydrogen) atoms. The van der Waals surface area contributed by atoms with Crippen LogP contribution in [0.15, 0.2) is 0 Å². The van der Waals surface area contributed by atoms with Crippen LogP contribution in [0, 0.1) is 5.92 Å². The van der Waals surface area contributed by atoms with E-state index in [1.54, 1.807) is 6.92 Å². The van der Waals surface area contributed by atoms with Gasteiger partial charge < -0.3 is 9.84 Å². The van der Waals surface area contributed by atoms with Crippen molar-refractivity contribution in [3.05, 3.63) is 0 Å². The molecule has 104 valence electrons. The van der Waals surface area contributed by atoms with E-state index in [4.69, 9.17) is 4.74 Å². The molecule has 0 aliphatic carbocycles. The molecular weight excluding hydrogens is 244 g/mol. The van der Waals surface area contributed by atoms with Gasteiger partial charge >= 0.3 is 0 Å². The van der Waals surface area contributed by atoms with Gasteiger partial charge in [-0.15, -0.1) is 0 Å². The molecule has 0 amide bonds. The Bertz CT molecular complexity index is 301. The molecule has 0 spiro atoms. The maximum Gasteiger partial charge on any atom is 0.277 e. The van der Waals surface area contributed by atoms with Crippen LogP contribution in [0.2, 0.25) is 0 Å². The second kappa shape index (κ2) is 7.27. The van der Waals surface area contributed by atoms with Gasteiger partial charge in [-0.2, -0.15) is 17.9 Å². The highest BCUT2D eigenvalue weighted by Crippen LogP contribution is 2.15. The quantitative estimate of drug-likeness (QED) is 0.508. The van der Waals surface area contributed by atoms with E-state index in [9.17, 15) is 13.5 Å². The normalized spacial score (nSPS) is 16.1. The Morgan fingerprint density at radius 2 is 1.94 bits per heavy atom. The number of hydrogen-bond donors (Lipinski definition) is 3. The van der Waals surface area contributed by atoms with Gasteiger partial charge in [0.1, 0.15) is 0 Å². The van der Waals surface area contributed by atoms with E-state index in [2.05, 4.69) is 9.44 Å². The summed E-state index contributed by atoms with van der Waals surface area (Å²) in [5.74, 6) is 0.302. The zero-order valence-electron chi connectivity index (χ0n) is 11.0. The van der Waals surface area contributed by atoms with Crippen LogP contribution in [-0.4, -0.2) is 45.9 Å². The fourth-order valence-electron chi connectivity index (χ4n) is 1.53. The SMILES string of the molecule is COCCNS(=O)(=O)NCC(C)(O)CC(C)C. The Morgan fingerprint density at radius 1 is 1.35 bits per heavy atom. The minimum Gasteiger partial charge on any atom is -0.389 e. The van der Waals surface area contributed by atoms with Gasteiger partial charge in [-0.3, -0.25) is 0 Å². The molecule has 0 aromatic rings. The number of ether oxygens (including phenoxy) is 1. The van der Waals surface area contributed by atoms with E-state index in [0.29, 0.717) is 18.9 Å². The number of aliphatic hydroxyl groups is 1. The van der Waals surface area contributed by atoms with E-state index in [0.717, 1.165) is 0 Å². The molecule has 7 heteroatoms. The first kappa shape index (κ1) is 16.8. The van der Waals surface area contributed by atoms with Crippen LogP contribution in [-0.2, 0) is 14.9 Å². The second-order valence-electron chi connectivity index (χ2n) is 4.81. The van der Waals surface area contributed by atoms with Gasteiger partial charge in [0.05, 0.1) is 12.2 Å². The van der Waals surface area contributed by atoms with Crippen LogP contribution in [0.5, 0.6) is 0 Å². The lowest BCUT2D eigenvalue weighted by Crippen LogP contribution is -2.46. The lowest BCUT2D eigenvalue weighted by molar-refractivity contribution is 0.0436. The standard InChI is InChI=1S/C10H24N2O4S/c1-9(2)7-10(3,13)8-12-17(14,15)11-5-6-16-4/h9,11-13H,5-8H2,1-4H3. The van der Waals surface area contributed by atoms with E-state index in [-0.39, 0.29) is 13.1 Å². The highest BCUT2D eigenvalue weighted by atomic mass is 32.2. The van der Waals surface area contributed by atoms with Crippen molar-refractivity contribution in [2.75, 3.05) is 26.8 Å². The topological polar surface area (TPSA) is 87.7 Å². The summed E-state index contributed by atoms with van der Waals surface area (Å²) in [5, 5.41) is 9.94. The molecule has 1 unspecified atom stereocenters. The van der Waals surface area contributed by atoms with Crippen LogP contribution < -0.4 is 9.44 Å². The first-order valence-corrected chi connectivity index (χ1v) is 7.12. The van der Waals surface area contributed by atoms with Crippen molar-refractivity contribution in [2.24, 2.45) is 5.92 Å². The van der Waals surface area contributed by atoms with Crippen molar-refractivity contribution >= 4 is 10.2 Å². The molecule has 0 saturated carbocycles. The fourth-order valence-corrected chi connectivity index (χ4v) is 2.49. The summed E-state index contributed by atoms with van der Waals surface area (Å²) in [5.41, 5.74) is -1.04. The molecule has 0 bridgehead atoms. The zero-order valence-corrected chi connectivity index (χ0v) is 11.8. The molecule has 0 fully saturated rings. The van der Waals surface area contributed by atoms with Gasteiger partial charge in [0.25, 0.3) is 10.2 Å². The van der Waals surface area contributed by atoms with E-state index >= 15 is 0 Å². The van der Waals surface area contributed by atoms with E-state index in [1.165, 1.54) is 7.11 Å². The average molecular weight is 268 g/mol. The summed E-state index contributed by atoms with van der Waals surface area (Å²) in [7, 11) is -2.07. The first-order valence-electron chi connectivity index (χ1n) is 5.64. The molecule has 6 nitrogen and oxygen atoms in total. The Balaban J connectivity index is 4.08. The minimum absolute atomic E-state index is 0.00645. The summed E-state index contributed by atoms with van der Waals surface area (Å²) >= 11 is 0. The number of hydrogen-bond acceptors (Lipinski definition) is 4. The Labute approximate surface area is 104 Å². The molecule has 0 heterocycles. The van der Waals surface area contributed by atoms with Crippen molar-refractivity contribution in [3.63, 3.8) is 0 Å². The lowest BCUT2D eigenvalue weighted by Gasteiger charge is -2.25. The van der Waals surface area contributed by atoms with Gasteiger partial charge in [-0.05, 0) is 19.3 Å². The van der Waals surface area contributed by atoms with Crippen LogP contribution in [0.3, 0.4) is 0 Å². The van der Waals surface area contributed by atoms with Crippen molar-refractivity contribution in [1.29, 1.82) is 0 Å². The van der Waals surface area contributed by atoms with Gasteiger partial charge in [-0.25, -0.2) is 0 Å². The van der Waals surface area contributed by atoms with Crippen molar-refractivity contribution in [3.8, 4) is 0 Å². The molecule has 0 aromatic heterocycles. The van der Waals surface area contributed by atoms with E-state index < -0.39 is 15.8 Å². The highest BCUT2D eigenvalue weighted by molar-refractivity contribution is 7.87. The predicted molar refractivity (Wildman–Crippen MR) is 66.9 cm³/mol. The molecule has 1 atom stereocenters. The Hall–Kier alpha value is -0.210. The minimum atomic E-state index is -3.56. The maximum absolute atomic E-state index is 11.4. The average Bonchev–Trinajstić information content (AvgIpc) is 2.14. The van der Waals surface area contributed by atoms with Crippen molar-refractivity contribution in [2.45, 2.75) is 32.8 Å². The molecule has 0 rings (SSSR count). The van der Waals surface area contributed by atoms with Gasteiger partial charge in [0, 0.05) is 20.2 Å². The zero-order chi connectivity index (χ0) is 13.5. The van der Waals surface area contributed by atoms with Gasteiger partial charge in [-0.1, -0.05) is 13.8 Å².